The van der Waals surface area contributed by atoms with Crippen molar-refractivity contribution >= 4 is 0 Å². The van der Waals surface area contributed by atoms with Gasteiger partial charge in [0.25, 0.3) is 0 Å². The maximum absolute atomic E-state index is 12.0. The molecule has 0 saturated carbocycles. The number of aryl methyl sites for hydroxylation is 1. The summed E-state index contributed by atoms with van der Waals surface area (Å²) in [5.74, 6) is 0. The lowest BCUT2D eigenvalue weighted by Crippen LogP contribution is -2.15. The first-order valence-corrected chi connectivity index (χ1v) is 5.33. The molecule has 1 aromatic rings. The first kappa shape index (κ1) is 13.0. The Morgan fingerprint density at radius 1 is 1.19 bits per heavy atom. The van der Waals surface area contributed by atoms with E-state index >= 15 is 0 Å². The van der Waals surface area contributed by atoms with Crippen molar-refractivity contribution in [3.8, 4) is 0 Å². The van der Waals surface area contributed by atoms with E-state index in [1.165, 1.54) is 0 Å². The summed E-state index contributed by atoms with van der Waals surface area (Å²) < 4.78 is 36.0. The molecule has 0 radical (unpaired) electrons. The van der Waals surface area contributed by atoms with Crippen LogP contribution < -0.4 is 5.73 Å². The van der Waals surface area contributed by atoms with E-state index in [1.54, 1.807) is 12.1 Å². The van der Waals surface area contributed by atoms with E-state index in [2.05, 4.69) is 0 Å². The van der Waals surface area contributed by atoms with Crippen LogP contribution >= 0.6 is 0 Å². The zero-order chi connectivity index (χ0) is 12.2. The molecule has 0 heterocycles. The molecule has 16 heavy (non-hydrogen) atoms. The normalized spacial score (nSPS) is 13.8. The number of hydrogen-bond acceptors (Lipinski definition) is 1. The molecule has 4 heteroatoms. The molecule has 0 saturated heterocycles. The number of rotatable bonds is 4. The molecule has 1 aromatic carbocycles. The highest BCUT2D eigenvalue weighted by atomic mass is 19.4. The smallest absolute Gasteiger partial charge is 0.324 e. The summed E-state index contributed by atoms with van der Waals surface area (Å²) in [6.45, 7) is 2.03. The van der Waals surface area contributed by atoms with Gasteiger partial charge in [-0.25, -0.2) is 0 Å². The maximum atomic E-state index is 12.0. The highest BCUT2D eigenvalue weighted by Crippen LogP contribution is 2.26. The highest BCUT2D eigenvalue weighted by molar-refractivity contribution is 5.24. The third kappa shape index (κ3) is 4.23. The first-order valence-electron chi connectivity index (χ1n) is 5.33. The van der Waals surface area contributed by atoms with Crippen molar-refractivity contribution in [2.75, 3.05) is 0 Å². The monoisotopic (exact) mass is 231 g/mol. The second-order valence-corrected chi connectivity index (χ2v) is 3.86. The summed E-state index contributed by atoms with van der Waals surface area (Å²) in [6, 6.07) is 6.89. The van der Waals surface area contributed by atoms with Crippen molar-refractivity contribution < 1.29 is 13.2 Å². The number of halogens is 3. The predicted molar refractivity (Wildman–Crippen MR) is 58.0 cm³/mol. The van der Waals surface area contributed by atoms with Gasteiger partial charge in [0, 0.05) is 12.5 Å². The zero-order valence-corrected chi connectivity index (χ0v) is 9.22. The summed E-state index contributed by atoms with van der Waals surface area (Å²) in [6.07, 6.45) is -4.10. The van der Waals surface area contributed by atoms with E-state index in [9.17, 15) is 13.2 Å². The van der Waals surface area contributed by atoms with Crippen LogP contribution in [0.3, 0.4) is 0 Å². The van der Waals surface area contributed by atoms with Crippen LogP contribution in [0, 0.1) is 0 Å². The van der Waals surface area contributed by atoms with Crippen molar-refractivity contribution in [3.63, 3.8) is 0 Å². The molecule has 0 spiro atoms. The number of alkyl halides is 3. The van der Waals surface area contributed by atoms with Crippen molar-refractivity contribution in [1.82, 2.24) is 0 Å². The van der Waals surface area contributed by atoms with Crippen LogP contribution in [0.1, 0.15) is 36.9 Å². The van der Waals surface area contributed by atoms with E-state index < -0.39 is 18.6 Å². The molecule has 0 aliphatic rings. The molecule has 0 aromatic heterocycles. The molecular formula is C12H16F3N. The van der Waals surface area contributed by atoms with Gasteiger partial charge >= 0.3 is 6.18 Å². The molecule has 90 valence electrons. The third-order valence-electron chi connectivity index (χ3n) is 2.55. The predicted octanol–water partition coefficient (Wildman–Crippen LogP) is 3.59. The van der Waals surface area contributed by atoms with Gasteiger partial charge < -0.3 is 5.73 Å². The molecule has 0 fully saturated rings. The number of nitrogens with two attached hydrogens (primary N) is 1. The Balaban J connectivity index is 2.56. The molecule has 0 aliphatic carbocycles. The summed E-state index contributed by atoms with van der Waals surface area (Å²) >= 11 is 0. The van der Waals surface area contributed by atoms with Crippen molar-refractivity contribution in [2.45, 2.75) is 38.4 Å². The van der Waals surface area contributed by atoms with E-state index in [0.717, 1.165) is 17.5 Å². The second kappa shape index (κ2) is 5.34. The van der Waals surface area contributed by atoms with Gasteiger partial charge in [-0.1, -0.05) is 31.2 Å². The molecule has 1 unspecified atom stereocenters. The Morgan fingerprint density at radius 2 is 1.75 bits per heavy atom. The summed E-state index contributed by atoms with van der Waals surface area (Å²) in [4.78, 5) is 0. The van der Waals surface area contributed by atoms with Crippen LogP contribution in [-0.4, -0.2) is 6.18 Å². The largest absolute Gasteiger partial charge is 0.389 e. The van der Waals surface area contributed by atoms with Crippen LogP contribution in [-0.2, 0) is 6.42 Å². The van der Waals surface area contributed by atoms with Crippen LogP contribution in [0.5, 0.6) is 0 Å². The average molecular weight is 231 g/mol. The van der Waals surface area contributed by atoms with Gasteiger partial charge in [0.1, 0.15) is 0 Å². The van der Waals surface area contributed by atoms with Gasteiger partial charge in [0.15, 0.2) is 0 Å². The van der Waals surface area contributed by atoms with E-state index in [4.69, 9.17) is 5.73 Å². The molecule has 0 amide bonds. The van der Waals surface area contributed by atoms with Gasteiger partial charge in [0.05, 0.1) is 0 Å². The SMILES string of the molecule is CCc1ccc(C(N)CCC(F)(F)F)cc1. The third-order valence-corrected chi connectivity index (χ3v) is 2.55. The molecule has 2 N–H and O–H groups in total. The number of hydrogen-bond donors (Lipinski definition) is 1. The lowest BCUT2D eigenvalue weighted by atomic mass is 10.0. The fourth-order valence-corrected chi connectivity index (χ4v) is 1.49. The van der Waals surface area contributed by atoms with E-state index in [0.29, 0.717) is 0 Å². The van der Waals surface area contributed by atoms with Crippen LogP contribution in [0.25, 0.3) is 0 Å². The Hall–Kier alpha value is -1.03. The Kier molecular flexibility index (Phi) is 4.35. The number of benzene rings is 1. The van der Waals surface area contributed by atoms with E-state index in [1.807, 2.05) is 19.1 Å². The molecule has 0 bridgehead atoms. The molecule has 1 nitrogen and oxygen atoms in total. The van der Waals surface area contributed by atoms with Crippen molar-refractivity contribution in [1.29, 1.82) is 0 Å². The highest BCUT2D eigenvalue weighted by Gasteiger charge is 2.27. The van der Waals surface area contributed by atoms with Gasteiger partial charge in [-0.05, 0) is 24.0 Å². The van der Waals surface area contributed by atoms with Crippen LogP contribution in [0.15, 0.2) is 24.3 Å². The summed E-state index contributed by atoms with van der Waals surface area (Å²) in [7, 11) is 0. The lowest BCUT2D eigenvalue weighted by molar-refractivity contribution is -0.136. The van der Waals surface area contributed by atoms with Crippen LogP contribution in [0.2, 0.25) is 0 Å². The Labute approximate surface area is 93.5 Å². The summed E-state index contributed by atoms with van der Waals surface area (Å²) in [5, 5.41) is 0. The Bertz CT molecular complexity index is 316. The lowest BCUT2D eigenvalue weighted by Gasteiger charge is -2.13. The second-order valence-electron chi connectivity index (χ2n) is 3.86. The topological polar surface area (TPSA) is 26.0 Å². The van der Waals surface area contributed by atoms with Gasteiger partial charge in [-0.2, -0.15) is 13.2 Å². The van der Waals surface area contributed by atoms with Crippen LogP contribution in [0.4, 0.5) is 13.2 Å². The zero-order valence-electron chi connectivity index (χ0n) is 9.22. The minimum atomic E-state index is -4.12. The minimum absolute atomic E-state index is 0.0605. The first-order chi connectivity index (χ1) is 7.42. The fourth-order valence-electron chi connectivity index (χ4n) is 1.49. The molecule has 1 rings (SSSR count). The quantitative estimate of drug-likeness (QED) is 0.841. The van der Waals surface area contributed by atoms with E-state index in [-0.39, 0.29) is 6.42 Å². The molecular weight excluding hydrogens is 215 g/mol. The minimum Gasteiger partial charge on any atom is -0.324 e. The van der Waals surface area contributed by atoms with Gasteiger partial charge in [-0.3, -0.25) is 0 Å². The molecule has 1 atom stereocenters. The van der Waals surface area contributed by atoms with Crippen molar-refractivity contribution in [3.05, 3.63) is 35.4 Å². The summed E-state index contributed by atoms with van der Waals surface area (Å²) in [5.41, 5.74) is 7.62. The molecule has 0 aliphatic heterocycles. The average Bonchev–Trinajstić information content (AvgIpc) is 2.25. The Morgan fingerprint density at radius 3 is 2.19 bits per heavy atom. The van der Waals surface area contributed by atoms with Gasteiger partial charge in [0.2, 0.25) is 0 Å². The van der Waals surface area contributed by atoms with Gasteiger partial charge in [-0.15, -0.1) is 0 Å². The standard InChI is InChI=1S/C12H16F3N/c1-2-9-3-5-10(6-4-9)11(16)7-8-12(13,14)15/h3-6,11H,2,7-8,16H2,1H3. The van der Waals surface area contributed by atoms with Crippen molar-refractivity contribution in [2.24, 2.45) is 5.73 Å². The maximum Gasteiger partial charge on any atom is 0.389 e. The fraction of sp³-hybridized carbons (Fsp3) is 0.500.